The zero-order valence-electron chi connectivity index (χ0n) is 29.1. The van der Waals surface area contributed by atoms with Crippen LogP contribution in [0, 0.1) is 11.3 Å². The number of aromatic nitrogens is 2. The number of hydrogen-bond donors (Lipinski definition) is 0. The van der Waals surface area contributed by atoms with Gasteiger partial charge in [0.05, 0.1) is 22.1 Å². The van der Waals surface area contributed by atoms with Gasteiger partial charge in [0.15, 0.2) is 0 Å². The summed E-state index contributed by atoms with van der Waals surface area (Å²) in [5, 5.41) is 4.99. The van der Waals surface area contributed by atoms with E-state index in [1.165, 1.54) is 65.9 Å². The van der Waals surface area contributed by atoms with Crippen LogP contribution in [0.1, 0.15) is 20.3 Å². The van der Waals surface area contributed by atoms with Gasteiger partial charge in [0, 0.05) is 32.9 Å². The number of rotatable bonds is 8. The van der Waals surface area contributed by atoms with Crippen LogP contribution in [0.15, 0.2) is 183 Å². The normalized spacial score (nSPS) is 16.8. The fraction of sp³-hybridized carbons (Fsp3) is 0.102. The molecule has 51 heavy (non-hydrogen) atoms. The summed E-state index contributed by atoms with van der Waals surface area (Å²) < 4.78 is 4.79. The quantitative estimate of drug-likeness (QED) is 0.114. The molecule has 0 N–H and O–H groups in total. The van der Waals surface area contributed by atoms with Crippen LogP contribution < -0.4 is 0 Å². The molecule has 0 saturated heterocycles. The van der Waals surface area contributed by atoms with Crippen molar-refractivity contribution >= 4 is 49.3 Å². The molecule has 246 valence electrons. The fourth-order valence-electron chi connectivity index (χ4n) is 7.93. The fourth-order valence-corrected chi connectivity index (χ4v) is 7.93. The number of allylic oxidation sites excluding steroid dienone is 7. The van der Waals surface area contributed by atoms with E-state index in [2.05, 4.69) is 199 Å². The molecule has 0 spiro atoms. The topological polar surface area (TPSA) is 9.86 Å². The molecule has 2 atom stereocenters. The second-order valence-electron chi connectivity index (χ2n) is 14.2. The van der Waals surface area contributed by atoms with Crippen molar-refractivity contribution < 1.29 is 0 Å². The van der Waals surface area contributed by atoms with Crippen molar-refractivity contribution in [3.05, 3.63) is 183 Å². The Morgan fingerprint density at radius 2 is 1.20 bits per heavy atom. The van der Waals surface area contributed by atoms with Crippen molar-refractivity contribution in [2.45, 2.75) is 20.3 Å². The maximum Gasteiger partial charge on any atom is 0.0541 e. The number of para-hydroxylation sites is 2. The van der Waals surface area contributed by atoms with Gasteiger partial charge >= 0.3 is 0 Å². The number of nitrogens with zero attached hydrogens (tertiary/aromatic N) is 2. The maximum atomic E-state index is 4.08. The van der Waals surface area contributed by atoms with Crippen molar-refractivity contribution in [3.63, 3.8) is 0 Å². The van der Waals surface area contributed by atoms with Crippen LogP contribution in [0.3, 0.4) is 0 Å². The Bertz CT molecular complexity index is 2710. The molecular weight excluding hydrogens is 617 g/mol. The van der Waals surface area contributed by atoms with Gasteiger partial charge in [-0.15, -0.1) is 0 Å². The summed E-state index contributed by atoms with van der Waals surface area (Å²) in [5.41, 5.74) is 12.2. The van der Waals surface area contributed by atoms with E-state index in [4.69, 9.17) is 0 Å². The lowest BCUT2D eigenvalue weighted by Crippen LogP contribution is -2.26. The van der Waals surface area contributed by atoms with Gasteiger partial charge in [-0.05, 0) is 101 Å². The van der Waals surface area contributed by atoms with Gasteiger partial charge in [-0.1, -0.05) is 136 Å². The van der Waals surface area contributed by atoms with Gasteiger partial charge in [0.2, 0.25) is 0 Å². The van der Waals surface area contributed by atoms with Crippen molar-refractivity contribution in [2.75, 3.05) is 0 Å². The Hall–Kier alpha value is -6.12. The third kappa shape index (κ3) is 5.18. The highest BCUT2D eigenvalue weighted by Gasteiger charge is 2.30. The third-order valence-corrected chi connectivity index (χ3v) is 11.1. The largest absolute Gasteiger partial charge is 0.309 e. The Kier molecular flexibility index (Phi) is 7.47. The predicted molar refractivity (Wildman–Crippen MR) is 219 cm³/mol. The van der Waals surface area contributed by atoms with Crippen molar-refractivity contribution in [3.8, 4) is 27.9 Å². The van der Waals surface area contributed by atoms with Crippen molar-refractivity contribution in [2.24, 2.45) is 11.3 Å². The Labute approximate surface area is 299 Å². The van der Waals surface area contributed by atoms with Gasteiger partial charge in [0.25, 0.3) is 0 Å². The van der Waals surface area contributed by atoms with Gasteiger partial charge in [-0.25, -0.2) is 0 Å². The zero-order chi connectivity index (χ0) is 34.5. The molecule has 2 aromatic heterocycles. The maximum absolute atomic E-state index is 4.08. The first kappa shape index (κ1) is 30.9. The molecule has 2 nitrogen and oxygen atoms in total. The Balaban J connectivity index is 1.17. The first-order valence-electron chi connectivity index (χ1n) is 17.9. The Morgan fingerprint density at radius 1 is 0.627 bits per heavy atom. The highest BCUT2D eigenvalue weighted by atomic mass is 15.0. The average molecular weight is 657 g/mol. The lowest BCUT2D eigenvalue weighted by atomic mass is 9.69. The minimum atomic E-state index is 0.227. The average Bonchev–Trinajstić information content (AvgIpc) is 3.68. The van der Waals surface area contributed by atoms with Crippen molar-refractivity contribution in [1.82, 2.24) is 9.13 Å². The number of benzene rings is 6. The summed E-state index contributed by atoms with van der Waals surface area (Å²) in [6, 6.07) is 50.9. The van der Waals surface area contributed by atoms with E-state index in [0.717, 1.165) is 17.8 Å². The van der Waals surface area contributed by atoms with Crippen LogP contribution >= 0.6 is 0 Å². The van der Waals surface area contributed by atoms with E-state index in [0.29, 0.717) is 5.92 Å². The smallest absolute Gasteiger partial charge is 0.0541 e. The summed E-state index contributed by atoms with van der Waals surface area (Å²) in [4.78, 5) is 0. The van der Waals surface area contributed by atoms with E-state index in [1.807, 2.05) is 6.08 Å². The molecule has 6 aromatic carbocycles. The molecule has 9 rings (SSSR count). The SMILES string of the molecule is C=C/C=C(\C=C/C(C)[C@]1(C)C=CC1)n1c2ccccc2c2cc(-c3ccc4c(c3)c3ccccc3n4-c3cccc(-c4ccccc4)c3)ccc21. The summed E-state index contributed by atoms with van der Waals surface area (Å²) in [6.07, 6.45) is 14.4. The second kappa shape index (κ2) is 12.3. The summed E-state index contributed by atoms with van der Waals surface area (Å²) in [5.74, 6) is 0.434. The summed E-state index contributed by atoms with van der Waals surface area (Å²) in [7, 11) is 0. The van der Waals surface area contributed by atoms with Crippen LogP contribution in [-0.4, -0.2) is 9.13 Å². The van der Waals surface area contributed by atoms with Crippen LogP contribution in [-0.2, 0) is 0 Å². The molecule has 0 amide bonds. The highest BCUT2D eigenvalue weighted by molar-refractivity contribution is 6.13. The van der Waals surface area contributed by atoms with E-state index in [-0.39, 0.29) is 5.41 Å². The van der Waals surface area contributed by atoms with Crippen LogP contribution in [0.25, 0.3) is 77.2 Å². The molecule has 2 heterocycles. The summed E-state index contributed by atoms with van der Waals surface area (Å²) >= 11 is 0. The summed E-state index contributed by atoms with van der Waals surface area (Å²) in [6.45, 7) is 8.74. The van der Waals surface area contributed by atoms with Crippen LogP contribution in [0.4, 0.5) is 0 Å². The van der Waals surface area contributed by atoms with Crippen LogP contribution in [0.5, 0.6) is 0 Å². The molecule has 0 aliphatic heterocycles. The minimum Gasteiger partial charge on any atom is -0.309 e. The zero-order valence-corrected chi connectivity index (χ0v) is 29.1. The Morgan fingerprint density at radius 3 is 1.90 bits per heavy atom. The van der Waals surface area contributed by atoms with Gasteiger partial charge in [0.1, 0.15) is 0 Å². The molecule has 0 fully saturated rings. The van der Waals surface area contributed by atoms with Crippen LogP contribution in [0.2, 0.25) is 0 Å². The minimum absolute atomic E-state index is 0.227. The monoisotopic (exact) mass is 656 g/mol. The number of fused-ring (bicyclic) bond motifs is 6. The molecule has 1 unspecified atom stereocenters. The van der Waals surface area contributed by atoms with E-state index in [9.17, 15) is 0 Å². The second-order valence-corrected chi connectivity index (χ2v) is 14.2. The first-order chi connectivity index (χ1) is 25.0. The van der Waals surface area contributed by atoms with Gasteiger partial charge in [-0.3, -0.25) is 0 Å². The van der Waals surface area contributed by atoms with E-state index < -0.39 is 0 Å². The molecule has 0 bridgehead atoms. The first-order valence-corrected chi connectivity index (χ1v) is 17.9. The van der Waals surface area contributed by atoms with E-state index in [1.54, 1.807) is 0 Å². The lowest BCUT2D eigenvalue weighted by Gasteiger charge is -2.36. The molecular formula is C49H40N2. The molecule has 2 heteroatoms. The standard InChI is InChI=1S/C49H40N2/c1-4-14-39(26-23-34(2)49(3)29-13-30-49)50-45-21-10-8-19-41(45)43-32-37(24-27-47(43)50)38-25-28-48-44(33-38)42-20-9-11-22-46(42)51(48)40-18-12-17-36(31-40)35-15-6-5-7-16-35/h4-29,31-34H,1,30H2,2-3H3/b26-23-,39-14+/t34?,49-/m1/s1. The third-order valence-electron chi connectivity index (χ3n) is 11.1. The lowest BCUT2D eigenvalue weighted by molar-refractivity contribution is 0.301. The molecule has 1 aliphatic rings. The molecule has 1 aliphatic carbocycles. The van der Waals surface area contributed by atoms with Crippen molar-refractivity contribution in [1.29, 1.82) is 0 Å². The highest BCUT2D eigenvalue weighted by Crippen LogP contribution is 2.42. The number of hydrogen-bond acceptors (Lipinski definition) is 0. The molecule has 8 aromatic rings. The van der Waals surface area contributed by atoms with E-state index >= 15 is 0 Å². The molecule has 0 saturated carbocycles. The van der Waals surface area contributed by atoms with Gasteiger partial charge in [-0.2, -0.15) is 0 Å². The predicted octanol–water partition coefficient (Wildman–Crippen LogP) is 13.4. The van der Waals surface area contributed by atoms with Gasteiger partial charge < -0.3 is 9.13 Å². The molecule has 0 radical (unpaired) electrons.